The zero-order chi connectivity index (χ0) is 17.8. The van der Waals surface area contributed by atoms with Crippen molar-refractivity contribution in [2.75, 3.05) is 0 Å². The molecule has 2 heterocycles. The highest BCUT2D eigenvalue weighted by Crippen LogP contribution is 2.29. The number of benzene rings is 2. The van der Waals surface area contributed by atoms with Crippen LogP contribution in [0, 0.1) is 0 Å². The fourth-order valence-corrected chi connectivity index (χ4v) is 3.11. The highest BCUT2D eigenvalue weighted by molar-refractivity contribution is 5.88. The molecule has 0 amide bonds. The maximum absolute atomic E-state index is 12.4. The van der Waals surface area contributed by atoms with Crippen LogP contribution in [-0.4, -0.2) is 0 Å². The molecule has 0 bridgehead atoms. The molecule has 3 nitrogen and oxygen atoms in total. The Labute approximate surface area is 151 Å². The summed E-state index contributed by atoms with van der Waals surface area (Å²) in [5, 5.41) is 1.55. The maximum Gasteiger partial charge on any atom is 0.344 e. The third-order valence-corrected chi connectivity index (χ3v) is 4.36. The number of fused-ring (bicyclic) bond motifs is 1. The Bertz CT molecular complexity index is 1090. The van der Waals surface area contributed by atoms with Gasteiger partial charge in [-0.2, -0.15) is 0 Å². The topological polar surface area (TPSA) is 43.4 Å². The Kier molecular flexibility index (Phi) is 4.52. The van der Waals surface area contributed by atoms with Crippen LogP contribution in [0.15, 0.2) is 98.8 Å². The highest BCUT2D eigenvalue weighted by Gasteiger charge is 2.14. The standard InChI is InChI=1S/C23H18O3/c24-23-21-15-7-6-13-19(21)20(14-5-4-11-18-12-8-16-25-18)22(26-23)17-9-2-1-3-10-17/h1-10,12-13,15-16H,11,14H2/b5-4+. The summed E-state index contributed by atoms with van der Waals surface area (Å²) >= 11 is 0. The lowest BCUT2D eigenvalue weighted by atomic mass is 9.98. The molecule has 0 saturated heterocycles. The van der Waals surface area contributed by atoms with Gasteiger partial charge >= 0.3 is 5.63 Å². The van der Waals surface area contributed by atoms with E-state index in [4.69, 9.17) is 8.83 Å². The normalized spacial score (nSPS) is 11.4. The van der Waals surface area contributed by atoms with Gasteiger partial charge in [0.05, 0.1) is 11.6 Å². The molecule has 4 aromatic rings. The Hall–Kier alpha value is -3.33. The van der Waals surface area contributed by atoms with Gasteiger partial charge in [0.15, 0.2) is 0 Å². The minimum Gasteiger partial charge on any atom is -0.469 e. The molecule has 0 saturated carbocycles. The van der Waals surface area contributed by atoms with Crippen LogP contribution in [0.4, 0.5) is 0 Å². The number of hydrogen-bond acceptors (Lipinski definition) is 3. The first kappa shape index (κ1) is 16.2. The van der Waals surface area contributed by atoms with Gasteiger partial charge in [0.1, 0.15) is 11.5 Å². The summed E-state index contributed by atoms with van der Waals surface area (Å²) in [6.45, 7) is 0. The van der Waals surface area contributed by atoms with E-state index in [1.54, 1.807) is 6.26 Å². The van der Waals surface area contributed by atoms with Crippen molar-refractivity contribution < 1.29 is 8.83 Å². The quantitative estimate of drug-likeness (QED) is 0.456. The summed E-state index contributed by atoms with van der Waals surface area (Å²) in [5.41, 5.74) is 1.62. The van der Waals surface area contributed by atoms with Gasteiger partial charge in [-0.1, -0.05) is 60.7 Å². The van der Waals surface area contributed by atoms with Crippen molar-refractivity contribution in [1.29, 1.82) is 0 Å². The predicted octanol–water partition coefficient (Wildman–Crippen LogP) is 5.39. The summed E-state index contributed by atoms with van der Waals surface area (Å²) in [4.78, 5) is 12.4. The monoisotopic (exact) mass is 342 g/mol. The van der Waals surface area contributed by atoms with Crippen LogP contribution >= 0.6 is 0 Å². The molecule has 0 aliphatic heterocycles. The van der Waals surface area contributed by atoms with E-state index in [2.05, 4.69) is 12.2 Å². The van der Waals surface area contributed by atoms with E-state index >= 15 is 0 Å². The van der Waals surface area contributed by atoms with Crippen LogP contribution in [-0.2, 0) is 12.8 Å². The molecule has 2 aromatic carbocycles. The van der Waals surface area contributed by atoms with Crippen molar-refractivity contribution in [2.24, 2.45) is 0 Å². The molecule has 0 N–H and O–H groups in total. The van der Waals surface area contributed by atoms with E-state index in [0.717, 1.165) is 28.7 Å². The van der Waals surface area contributed by atoms with E-state index < -0.39 is 0 Å². The van der Waals surface area contributed by atoms with Crippen LogP contribution in [0.2, 0.25) is 0 Å². The van der Waals surface area contributed by atoms with Crippen molar-refractivity contribution in [3.05, 3.63) is 107 Å². The minimum atomic E-state index is -0.303. The predicted molar refractivity (Wildman–Crippen MR) is 103 cm³/mol. The summed E-state index contributed by atoms with van der Waals surface area (Å²) in [5.74, 6) is 1.56. The van der Waals surface area contributed by atoms with Crippen LogP contribution < -0.4 is 5.63 Å². The molecule has 3 heteroatoms. The van der Waals surface area contributed by atoms with Crippen molar-refractivity contribution in [2.45, 2.75) is 12.8 Å². The van der Waals surface area contributed by atoms with Crippen molar-refractivity contribution in [3.8, 4) is 11.3 Å². The highest BCUT2D eigenvalue weighted by atomic mass is 16.4. The molecular weight excluding hydrogens is 324 g/mol. The van der Waals surface area contributed by atoms with Gasteiger partial charge in [-0.3, -0.25) is 0 Å². The van der Waals surface area contributed by atoms with Crippen molar-refractivity contribution >= 4 is 10.8 Å². The Balaban J connectivity index is 1.76. The molecule has 0 atom stereocenters. The molecule has 0 fully saturated rings. The van der Waals surface area contributed by atoms with Crippen molar-refractivity contribution in [3.63, 3.8) is 0 Å². The molecule has 0 aliphatic carbocycles. The van der Waals surface area contributed by atoms with Gasteiger partial charge in [0.25, 0.3) is 0 Å². The first-order valence-electron chi connectivity index (χ1n) is 8.60. The summed E-state index contributed by atoms with van der Waals surface area (Å²) in [7, 11) is 0. The molecular formula is C23H18O3. The lowest BCUT2D eigenvalue weighted by molar-refractivity contribution is 0.523. The number of rotatable bonds is 5. The Morgan fingerprint density at radius 1 is 0.769 bits per heavy atom. The van der Waals surface area contributed by atoms with Gasteiger partial charge in [0.2, 0.25) is 0 Å². The lowest BCUT2D eigenvalue weighted by Crippen LogP contribution is -2.04. The fraction of sp³-hybridized carbons (Fsp3) is 0.0870. The first-order chi connectivity index (χ1) is 12.8. The molecule has 2 aromatic heterocycles. The second-order valence-electron chi connectivity index (χ2n) is 6.07. The number of allylic oxidation sites excluding steroid dienone is 2. The average molecular weight is 342 g/mol. The Morgan fingerprint density at radius 2 is 1.50 bits per heavy atom. The zero-order valence-corrected chi connectivity index (χ0v) is 14.2. The summed E-state index contributed by atoms with van der Waals surface area (Å²) in [6, 6.07) is 21.2. The first-order valence-corrected chi connectivity index (χ1v) is 8.60. The molecule has 128 valence electrons. The third-order valence-electron chi connectivity index (χ3n) is 4.36. The number of furan rings is 1. The zero-order valence-electron chi connectivity index (χ0n) is 14.2. The molecule has 0 radical (unpaired) electrons. The largest absolute Gasteiger partial charge is 0.469 e. The Morgan fingerprint density at radius 3 is 2.27 bits per heavy atom. The van der Waals surface area contributed by atoms with Crippen LogP contribution in [0.3, 0.4) is 0 Å². The van der Waals surface area contributed by atoms with Gasteiger partial charge in [-0.05, 0) is 30.0 Å². The molecule has 26 heavy (non-hydrogen) atoms. The van der Waals surface area contributed by atoms with Crippen LogP contribution in [0.1, 0.15) is 11.3 Å². The van der Waals surface area contributed by atoms with Gasteiger partial charge in [-0.15, -0.1) is 0 Å². The van der Waals surface area contributed by atoms with Crippen LogP contribution in [0.25, 0.3) is 22.1 Å². The minimum absolute atomic E-state index is 0.303. The fourth-order valence-electron chi connectivity index (χ4n) is 3.11. The summed E-state index contributed by atoms with van der Waals surface area (Å²) < 4.78 is 11.1. The second-order valence-corrected chi connectivity index (χ2v) is 6.07. The van der Waals surface area contributed by atoms with E-state index in [0.29, 0.717) is 17.6 Å². The van der Waals surface area contributed by atoms with E-state index in [1.165, 1.54) is 0 Å². The molecule has 0 unspecified atom stereocenters. The smallest absolute Gasteiger partial charge is 0.344 e. The maximum atomic E-state index is 12.4. The SMILES string of the molecule is O=c1oc(-c2ccccc2)c(C/C=C/Cc2ccco2)c2ccccc12. The van der Waals surface area contributed by atoms with E-state index in [1.807, 2.05) is 66.7 Å². The van der Waals surface area contributed by atoms with E-state index in [-0.39, 0.29) is 5.63 Å². The summed E-state index contributed by atoms with van der Waals surface area (Å²) in [6.07, 6.45) is 7.26. The van der Waals surface area contributed by atoms with Crippen LogP contribution in [0.5, 0.6) is 0 Å². The lowest BCUT2D eigenvalue weighted by Gasteiger charge is -2.10. The molecule has 0 spiro atoms. The third kappa shape index (κ3) is 3.24. The number of hydrogen-bond donors (Lipinski definition) is 0. The molecule has 4 rings (SSSR count). The van der Waals surface area contributed by atoms with Gasteiger partial charge < -0.3 is 8.83 Å². The van der Waals surface area contributed by atoms with Gasteiger partial charge in [0, 0.05) is 17.5 Å². The average Bonchev–Trinajstić information content (AvgIpc) is 3.21. The molecule has 0 aliphatic rings. The second kappa shape index (κ2) is 7.28. The van der Waals surface area contributed by atoms with Gasteiger partial charge in [-0.25, -0.2) is 4.79 Å². The van der Waals surface area contributed by atoms with E-state index in [9.17, 15) is 4.79 Å². The van der Waals surface area contributed by atoms with Crippen molar-refractivity contribution in [1.82, 2.24) is 0 Å².